The van der Waals surface area contributed by atoms with Crippen LogP contribution in [0, 0.1) is 5.92 Å². The van der Waals surface area contributed by atoms with Gasteiger partial charge in [0.25, 0.3) is 5.22 Å². The molecule has 3 N–H and O–H groups in total. The van der Waals surface area contributed by atoms with Crippen molar-refractivity contribution in [3.63, 3.8) is 0 Å². The van der Waals surface area contributed by atoms with Crippen molar-refractivity contribution in [2.45, 2.75) is 37.6 Å². The van der Waals surface area contributed by atoms with E-state index in [9.17, 15) is 5.11 Å². The molecule has 1 heterocycles. The Bertz CT molecular complexity index is 370. The second-order valence-electron chi connectivity index (χ2n) is 5.30. The summed E-state index contributed by atoms with van der Waals surface area (Å²) >= 11 is 1.48. The summed E-state index contributed by atoms with van der Waals surface area (Å²) in [5, 5.41) is 18.3. The van der Waals surface area contributed by atoms with Gasteiger partial charge in [0.1, 0.15) is 6.10 Å². The van der Waals surface area contributed by atoms with Crippen molar-refractivity contribution in [3.8, 4) is 0 Å². The molecule has 0 saturated heterocycles. The van der Waals surface area contributed by atoms with Crippen LogP contribution in [0.25, 0.3) is 0 Å². The fourth-order valence-corrected chi connectivity index (χ4v) is 2.44. The zero-order valence-electron chi connectivity index (χ0n) is 12.0. The van der Waals surface area contributed by atoms with Gasteiger partial charge in [0.2, 0.25) is 5.89 Å². The first-order valence-electron chi connectivity index (χ1n) is 6.44. The Kier molecular flexibility index (Phi) is 6.78. The van der Waals surface area contributed by atoms with Gasteiger partial charge in [-0.2, -0.15) is 0 Å². The van der Waals surface area contributed by atoms with Gasteiger partial charge in [0, 0.05) is 18.3 Å². The highest BCUT2D eigenvalue weighted by molar-refractivity contribution is 7.99. The summed E-state index contributed by atoms with van der Waals surface area (Å²) in [6, 6.07) is -0.375. The molecule has 19 heavy (non-hydrogen) atoms. The number of nitrogens with two attached hydrogens (primary N) is 1. The number of rotatable bonds is 8. The van der Waals surface area contributed by atoms with E-state index in [1.807, 2.05) is 14.1 Å². The van der Waals surface area contributed by atoms with Crippen molar-refractivity contribution < 1.29 is 9.52 Å². The van der Waals surface area contributed by atoms with Gasteiger partial charge in [-0.15, -0.1) is 10.2 Å². The second-order valence-corrected chi connectivity index (χ2v) is 6.34. The molecule has 0 radical (unpaired) electrons. The van der Waals surface area contributed by atoms with Crippen LogP contribution in [-0.4, -0.2) is 52.6 Å². The topological polar surface area (TPSA) is 88.4 Å². The van der Waals surface area contributed by atoms with Crippen molar-refractivity contribution in [2.24, 2.45) is 11.7 Å². The van der Waals surface area contributed by atoms with Crippen molar-refractivity contribution >= 4 is 11.8 Å². The molecule has 110 valence electrons. The van der Waals surface area contributed by atoms with Crippen LogP contribution < -0.4 is 5.73 Å². The molecule has 0 bridgehead atoms. The minimum Gasteiger partial charge on any atom is -0.413 e. The third-order valence-electron chi connectivity index (χ3n) is 2.59. The Hall–Kier alpha value is -0.630. The lowest BCUT2D eigenvalue weighted by atomic mass is 10.0. The van der Waals surface area contributed by atoms with Crippen LogP contribution in [0.1, 0.15) is 32.3 Å². The molecule has 0 amide bonds. The Morgan fingerprint density at radius 3 is 2.63 bits per heavy atom. The lowest BCUT2D eigenvalue weighted by molar-refractivity contribution is 0.102. The summed E-state index contributed by atoms with van der Waals surface area (Å²) in [6.45, 7) is 5.05. The lowest BCUT2D eigenvalue weighted by Gasteiger charge is -2.17. The molecule has 1 aromatic heterocycles. The molecule has 2 unspecified atom stereocenters. The maximum absolute atomic E-state index is 10.0. The van der Waals surface area contributed by atoms with Crippen molar-refractivity contribution in [1.29, 1.82) is 0 Å². The van der Waals surface area contributed by atoms with E-state index in [2.05, 4.69) is 28.9 Å². The molecule has 7 heteroatoms. The van der Waals surface area contributed by atoms with Gasteiger partial charge in [-0.25, -0.2) is 0 Å². The minimum absolute atomic E-state index is 0.209. The number of nitrogens with zero attached hydrogens (tertiary/aromatic N) is 3. The molecular formula is C12H24N4O2S. The maximum atomic E-state index is 10.0. The molecule has 0 aliphatic heterocycles. The molecule has 1 rings (SSSR count). The highest BCUT2D eigenvalue weighted by Crippen LogP contribution is 2.23. The first-order chi connectivity index (χ1) is 8.90. The van der Waals surface area contributed by atoms with Crippen molar-refractivity contribution in [1.82, 2.24) is 15.1 Å². The van der Waals surface area contributed by atoms with E-state index in [1.165, 1.54) is 11.8 Å². The van der Waals surface area contributed by atoms with Crippen LogP contribution in [0.2, 0.25) is 0 Å². The Morgan fingerprint density at radius 1 is 1.37 bits per heavy atom. The van der Waals surface area contributed by atoms with E-state index in [1.54, 1.807) is 0 Å². The summed E-state index contributed by atoms with van der Waals surface area (Å²) < 4.78 is 5.42. The molecule has 0 aliphatic rings. The van der Waals surface area contributed by atoms with E-state index in [0.717, 1.165) is 12.3 Å². The molecular weight excluding hydrogens is 264 g/mol. The largest absolute Gasteiger partial charge is 0.413 e. The van der Waals surface area contributed by atoms with E-state index < -0.39 is 6.10 Å². The van der Waals surface area contributed by atoms with Crippen molar-refractivity contribution in [3.05, 3.63) is 5.89 Å². The molecule has 0 spiro atoms. The first kappa shape index (κ1) is 16.4. The zero-order chi connectivity index (χ0) is 14.4. The molecule has 2 atom stereocenters. The lowest BCUT2D eigenvalue weighted by Crippen LogP contribution is -2.30. The third-order valence-corrected chi connectivity index (χ3v) is 3.39. The number of hydrogen-bond donors (Lipinski definition) is 2. The summed E-state index contributed by atoms with van der Waals surface area (Å²) in [5.74, 6) is 1.49. The standard InChI is InChI=1S/C12H24N4O2S/c1-8(2)7-9(13)10(17)11-14-15-12(18-11)19-6-5-16(3)4/h8-10,17H,5-7,13H2,1-4H3. The van der Waals surface area contributed by atoms with Crippen LogP contribution in [0.15, 0.2) is 9.64 Å². The maximum Gasteiger partial charge on any atom is 0.276 e. The smallest absolute Gasteiger partial charge is 0.276 e. The van der Waals surface area contributed by atoms with E-state index >= 15 is 0 Å². The fourth-order valence-electron chi connectivity index (χ4n) is 1.57. The zero-order valence-corrected chi connectivity index (χ0v) is 12.9. The van der Waals surface area contributed by atoms with E-state index in [4.69, 9.17) is 10.2 Å². The quantitative estimate of drug-likeness (QED) is 0.693. The molecule has 1 aromatic rings. The minimum atomic E-state index is -0.891. The van der Waals surface area contributed by atoms with Gasteiger partial charge >= 0.3 is 0 Å². The van der Waals surface area contributed by atoms with Gasteiger partial charge in [0.15, 0.2) is 0 Å². The number of aliphatic hydroxyl groups excluding tert-OH is 1. The molecule has 0 aliphatic carbocycles. The number of aromatic nitrogens is 2. The Balaban J connectivity index is 2.48. The summed E-state index contributed by atoms with van der Waals surface area (Å²) in [4.78, 5) is 2.08. The van der Waals surface area contributed by atoms with Gasteiger partial charge in [0.05, 0.1) is 0 Å². The highest BCUT2D eigenvalue weighted by atomic mass is 32.2. The van der Waals surface area contributed by atoms with Gasteiger partial charge in [-0.05, 0) is 26.4 Å². The van der Waals surface area contributed by atoms with Crippen LogP contribution in [0.3, 0.4) is 0 Å². The monoisotopic (exact) mass is 288 g/mol. The SMILES string of the molecule is CC(C)CC(N)C(O)c1nnc(SCCN(C)C)o1. The summed E-state index contributed by atoms with van der Waals surface area (Å²) in [6.07, 6.45) is -0.176. The van der Waals surface area contributed by atoms with E-state index in [0.29, 0.717) is 17.6 Å². The number of thioether (sulfide) groups is 1. The number of aliphatic hydroxyl groups is 1. The Labute approximate surface area is 118 Å². The predicted octanol–water partition coefficient (Wildman–Crippen LogP) is 1.13. The van der Waals surface area contributed by atoms with E-state index in [-0.39, 0.29) is 11.9 Å². The predicted molar refractivity (Wildman–Crippen MR) is 76.0 cm³/mol. The number of hydrogen-bond acceptors (Lipinski definition) is 7. The van der Waals surface area contributed by atoms with Crippen molar-refractivity contribution in [2.75, 3.05) is 26.4 Å². The van der Waals surface area contributed by atoms with Gasteiger partial charge < -0.3 is 20.2 Å². The second kappa shape index (κ2) is 7.84. The molecule has 6 nitrogen and oxygen atoms in total. The average Bonchev–Trinajstić information content (AvgIpc) is 2.75. The molecule has 0 aromatic carbocycles. The van der Waals surface area contributed by atoms with Gasteiger partial charge in [-0.1, -0.05) is 25.6 Å². The first-order valence-corrected chi connectivity index (χ1v) is 7.43. The third kappa shape index (κ3) is 5.90. The molecule has 0 fully saturated rings. The summed E-state index contributed by atoms with van der Waals surface area (Å²) in [7, 11) is 4.02. The Morgan fingerprint density at radius 2 is 2.05 bits per heavy atom. The normalized spacial score (nSPS) is 15.2. The fraction of sp³-hybridized carbons (Fsp3) is 0.833. The van der Waals surface area contributed by atoms with Crippen LogP contribution in [-0.2, 0) is 0 Å². The van der Waals surface area contributed by atoms with Crippen LogP contribution in [0.4, 0.5) is 0 Å². The van der Waals surface area contributed by atoms with Gasteiger partial charge in [-0.3, -0.25) is 0 Å². The average molecular weight is 288 g/mol. The highest BCUT2D eigenvalue weighted by Gasteiger charge is 2.23. The van der Waals surface area contributed by atoms with Crippen LogP contribution >= 0.6 is 11.8 Å². The van der Waals surface area contributed by atoms with Crippen LogP contribution in [0.5, 0.6) is 0 Å². The molecule has 0 saturated carbocycles. The summed E-state index contributed by atoms with van der Waals surface area (Å²) in [5.41, 5.74) is 5.91.